The number of guanidine groups is 1. The number of hydrogen-bond donors (Lipinski definition) is 3. The van der Waals surface area contributed by atoms with Gasteiger partial charge in [-0.05, 0) is 60.4 Å². The summed E-state index contributed by atoms with van der Waals surface area (Å²) in [5.41, 5.74) is 0.887. The Morgan fingerprint density at radius 2 is 1.89 bits per heavy atom. The smallest absolute Gasteiger partial charge is 0.191 e. The highest BCUT2D eigenvalue weighted by atomic mass is 127. The van der Waals surface area contributed by atoms with E-state index in [2.05, 4.69) is 15.6 Å². The molecule has 1 unspecified atom stereocenters. The first-order valence-corrected chi connectivity index (χ1v) is 11.6. The third kappa shape index (κ3) is 7.69. The molecule has 156 valence electrons. The molecule has 1 aromatic carbocycles. The summed E-state index contributed by atoms with van der Waals surface area (Å²) >= 11 is 1.55. The fourth-order valence-corrected chi connectivity index (χ4v) is 3.88. The molecule has 28 heavy (non-hydrogen) atoms. The fraction of sp³-hybridized carbons (Fsp3) is 0.421. The Morgan fingerprint density at radius 3 is 2.43 bits per heavy atom. The molecule has 1 atom stereocenters. The molecule has 0 aliphatic heterocycles. The molecule has 0 amide bonds. The number of nitrogens with one attached hydrogen (secondary N) is 2. The van der Waals surface area contributed by atoms with E-state index in [9.17, 15) is 13.5 Å². The number of halogens is 1. The van der Waals surface area contributed by atoms with Gasteiger partial charge in [-0.2, -0.15) is 11.3 Å². The molecule has 0 aliphatic carbocycles. The van der Waals surface area contributed by atoms with Gasteiger partial charge in [0.25, 0.3) is 0 Å². The van der Waals surface area contributed by atoms with Gasteiger partial charge in [-0.15, -0.1) is 24.0 Å². The van der Waals surface area contributed by atoms with E-state index >= 15 is 0 Å². The molecule has 1 aromatic heterocycles. The van der Waals surface area contributed by atoms with E-state index in [1.807, 2.05) is 35.9 Å². The third-order valence-corrected chi connectivity index (χ3v) is 5.90. The van der Waals surface area contributed by atoms with Gasteiger partial charge in [-0.3, -0.25) is 0 Å². The highest BCUT2D eigenvalue weighted by Gasteiger charge is 2.23. The summed E-state index contributed by atoms with van der Waals surface area (Å²) in [6.07, 6.45) is 1.93. The van der Waals surface area contributed by atoms with Gasteiger partial charge in [0.15, 0.2) is 15.8 Å². The Hall–Kier alpha value is -1.17. The molecule has 1 heterocycles. The molecule has 0 aliphatic rings. The lowest BCUT2D eigenvalue weighted by molar-refractivity contribution is 0.0677. The minimum Gasteiger partial charge on any atom is -0.383 e. The summed E-state index contributed by atoms with van der Waals surface area (Å²) in [6.45, 7) is 5.35. The van der Waals surface area contributed by atoms with Crippen molar-refractivity contribution in [2.24, 2.45) is 4.99 Å². The normalized spacial score (nSPS) is 14.1. The molecule has 2 aromatic rings. The van der Waals surface area contributed by atoms with Crippen molar-refractivity contribution in [3.05, 3.63) is 52.2 Å². The zero-order valence-corrected chi connectivity index (χ0v) is 20.3. The summed E-state index contributed by atoms with van der Waals surface area (Å²) in [5.74, 6) is 0.640. The molecule has 0 fully saturated rings. The maximum Gasteiger partial charge on any atom is 0.191 e. The largest absolute Gasteiger partial charge is 0.383 e. The van der Waals surface area contributed by atoms with Crippen LogP contribution in [0, 0.1) is 0 Å². The van der Waals surface area contributed by atoms with Crippen LogP contribution in [0.4, 0.5) is 0 Å². The molecule has 0 bridgehead atoms. The molecule has 6 nitrogen and oxygen atoms in total. The van der Waals surface area contributed by atoms with Crippen LogP contribution in [0.2, 0.25) is 0 Å². The number of rotatable bonds is 8. The van der Waals surface area contributed by atoms with Crippen LogP contribution in [-0.4, -0.2) is 45.4 Å². The van der Waals surface area contributed by atoms with Gasteiger partial charge < -0.3 is 15.7 Å². The number of aliphatic hydroxyl groups is 1. The van der Waals surface area contributed by atoms with Crippen LogP contribution in [0.15, 0.2) is 51.0 Å². The van der Waals surface area contributed by atoms with E-state index in [4.69, 9.17) is 0 Å². The van der Waals surface area contributed by atoms with Crippen molar-refractivity contribution in [2.45, 2.75) is 30.8 Å². The van der Waals surface area contributed by atoms with Gasteiger partial charge in [-0.1, -0.05) is 12.1 Å². The number of thiophene rings is 1. The maximum atomic E-state index is 11.5. The number of aliphatic imine (C=N–C) groups is 1. The fourth-order valence-electron chi connectivity index (χ4n) is 2.47. The van der Waals surface area contributed by atoms with Crippen LogP contribution in [0.1, 0.15) is 25.0 Å². The van der Waals surface area contributed by atoms with Crippen molar-refractivity contribution in [1.29, 1.82) is 0 Å². The Kier molecular flexibility index (Phi) is 9.88. The molecule has 0 radical (unpaired) electrons. The average Bonchev–Trinajstić information content (AvgIpc) is 3.15. The predicted molar refractivity (Wildman–Crippen MR) is 127 cm³/mol. The summed E-state index contributed by atoms with van der Waals surface area (Å²) in [4.78, 5) is 4.81. The molecule has 2 rings (SSSR count). The minimum absolute atomic E-state index is 0. The van der Waals surface area contributed by atoms with Gasteiger partial charge >= 0.3 is 0 Å². The van der Waals surface area contributed by atoms with Crippen molar-refractivity contribution in [3.63, 3.8) is 0 Å². The first kappa shape index (κ1) is 24.9. The van der Waals surface area contributed by atoms with Crippen molar-refractivity contribution >= 4 is 51.1 Å². The Bertz CT molecular complexity index is 849. The van der Waals surface area contributed by atoms with Crippen molar-refractivity contribution < 1.29 is 13.5 Å². The highest BCUT2D eigenvalue weighted by Crippen LogP contribution is 2.23. The summed E-state index contributed by atoms with van der Waals surface area (Å²) in [6, 6.07) is 8.80. The molecular weight excluding hydrogens is 509 g/mol. The summed E-state index contributed by atoms with van der Waals surface area (Å²) in [7, 11) is -3.17. The van der Waals surface area contributed by atoms with Crippen LogP contribution in [0.25, 0.3) is 0 Å². The van der Waals surface area contributed by atoms with Gasteiger partial charge in [0.2, 0.25) is 0 Å². The third-order valence-electron chi connectivity index (χ3n) is 4.09. The van der Waals surface area contributed by atoms with E-state index in [-0.39, 0.29) is 30.5 Å². The standard InChI is InChI=1S/C19H27N3O3S2.HI/c1-4-20-18(22-14-19(2,23)16-10-12-26-13-16)21-11-9-15-5-7-17(8-6-15)27(3,24)25;/h5-8,10,12-13,23H,4,9,11,14H2,1-3H3,(H2,20,21,22);1H. The van der Waals surface area contributed by atoms with Crippen LogP contribution < -0.4 is 10.6 Å². The zero-order valence-electron chi connectivity index (χ0n) is 16.3. The summed E-state index contributed by atoms with van der Waals surface area (Å²) in [5, 5.41) is 20.9. The second-order valence-electron chi connectivity index (χ2n) is 6.57. The van der Waals surface area contributed by atoms with Crippen LogP contribution in [0.3, 0.4) is 0 Å². The van der Waals surface area contributed by atoms with E-state index in [0.29, 0.717) is 17.4 Å². The number of hydrogen-bond acceptors (Lipinski definition) is 5. The first-order chi connectivity index (χ1) is 12.7. The maximum absolute atomic E-state index is 11.5. The molecule has 9 heteroatoms. The minimum atomic E-state index is -3.17. The monoisotopic (exact) mass is 537 g/mol. The first-order valence-electron chi connectivity index (χ1n) is 8.78. The lowest BCUT2D eigenvalue weighted by atomic mass is 10.00. The second kappa shape index (κ2) is 11.1. The molecule has 0 saturated heterocycles. The number of nitrogens with zero attached hydrogens (tertiary/aromatic N) is 1. The van der Waals surface area contributed by atoms with Gasteiger partial charge in [-0.25, -0.2) is 13.4 Å². The quantitative estimate of drug-likeness (QED) is 0.274. The van der Waals surface area contributed by atoms with Gasteiger partial charge in [0.1, 0.15) is 5.60 Å². The lowest BCUT2D eigenvalue weighted by Gasteiger charge is -2.21. The zero-order chi connectivity index (χ0) is 19.9. The molecule has 0 spiro atoms. The van der Waals surface area contributed by atoms with Crippen molar-refractivity contribution in [3.8, 4) is 0 Å². The van der Waals surface area contributed by atoms with E-state index < -0.39 is 15.4 Å². The molecule has 0 saturated carbocycles. The summed E-state index contributed by atoms with van der Waals surface area (Å²) < 4.78 is 23.0. The van der Waals surface area contributed by atoms with Crippen molar-refractivity contribution in [1.82, 2.24) is 10.6 Å². The Balaban J connectivity index is 0.00000392. The molecular formula is C19H28IN3O3S2. The molecule has 3 N–H and O–H groups in total. The number of benzene rings is 1. The Morgan fingerprint density at radius 1 is 1.21 bits per heavy atom. The average molecular weight is 537 g/mol. The van der Waals surface area contributed by atoms with Gasteiger partial charge in [0, 0.05) is 19.3 Å². The van der Waals surface area contributed by atoms with Crippen LogP contribution in [-0.2, 0) is 21.9 Å². The lowest BCUT2D eigenvalue weighted by Crippen LogP contribution is -2.39. The van der Waals surface area contributed by atoms with Crippen LogP contribution in [0.5, 0.6) is 0 Å². The van der Waals surface area contributed by atoms with E-state index in [0.717, 1.165) is 24.1 Å². The highest BCUT2D eigenvalue weighted by molar-refractivity contribution is 14.0. The van der Waals surface area contributed by atoms with Crippen LogP contribution >= 0.6 is 35.3 Å². The Labute approximate surface area is 188 Å². The van der Waals surface area contributed by atoms with Gasteiger partial charge in [0.05, 0.1) is 11.4 Å². The predicted octanol–water partition coefficient (Wildman–Crippen LogP) is 2.77. The van der Waals surface area contributed by atoms with E-state index in [1.54, 1.807) is 30.4 Å². The number of sulfone groups is 1. The second-order valence-corrected chi connectivity index (χ2v) is 9.37. The SMILES string of the molecule is CCNC(=NCC(C)(O)c1ccsc1)NCCc1ccc(S(C)(=O)=O)cc1.I. The topological polar surface area (TPSA) is 90.8 Å². The van der Waals surface area contributed by atoms with Crippen molar-refractivity contribution in [2.75, 3.05) is 25.9 Å². The van der Waals surface area contributed by atoms with E-state index in [1.165, 1.54) is 6.26 Å².